The van der Waals surface area contributed by atoms with Crippen LogP contribution >= 0.6 is 0 Å². The van der Waals surface area contributed by atoms with Crippen molar-refractivity contribution in [1.82, 2.24) is 15.2 Å². The van der Waals surface area contributed by atoms with E-state index in [-0.39, 0.29) is 0 Å². The highest BCUT2D eigenvalue weighted by molar-refractivity contribution is 5.16. The maximum atomic E-state index is 4.41. The Balaban J connectivity index is 1.49. The molecule has 2 heterocycles. The van der Waals surface area contributed by atoms with E-state index < -0.39 is 0 Å². The molecule has 1 unspecified atom stereocenters. The number of nitrogens with one attached hydrogen (secondary N) is 1. The number of nitrogens with zero attached hydrogens (tertiary/aromatic N) is 2. The van der Waals surface area contributed by atoms with Gasteiger partial charge in [-0.1, -0.05) is 36.4 Å². The lowest BCUT2D eigenvalue weighted by atomic mass is 10.0. The fourth-order valence-electron chi connectivity index (χ4n) is 2.95. The van der Waals surface area contributed by atoms with E-state index in [1.54, 1.807) is 0 Å². The topological polar surface area (TPSA) is 28.2 Å². The standard InChI is InChI=1S/C18H23N3/c1-2-6-16(7-3-1)14-18-15-21(13-11-20-18)12-9-17-8-4-5-10-19-17/h1-8,10,18,20H,9,11-15H2. The van der Waals surface area contributed by atoms with Gasteiger partial charge >= 0.3 is 0 Å². The van der Waals surface area contributed by atoms with Gasteiger partial charge in [0.15, 0.2) is 0 Å². The second-order valence-electron chi connectivity index (χ2n) is 5.71. The second kappa shape index (κ2) is 7.34. The third-order valence-electron chi connectivity index (χ3n) is 4.07. The van der Waals surface area contributed by atoms with Crippen LogP contribution in [-0.2, 0) is 12.8 Å². The second-order valence-corrected chi connectivity index (χ2v) is 5.71. The zero-order valence-corrected chi connectivity index (χ0v) is 12.4. The highest BCUT2D eigenvalue weighted by Crippen LogP contribution is 2.08. The van der Waals surface area contributed by atoms with Crippen molar-refractivity contribution < 1.29 is 0 Å². The van der Waals surface area contributed by atoms with Crippen LogP contribution in [0, 0.1) is 0 Å². The van der Waals surface area contributed by atoms with E-state index >= 15 is 0 Å². The summed E-state index contributed by atoms with van der Waals surface area (Å²) in [5.41, 5.74) is 2.61. The molecule has 1 aliphatic rings. The summed E-state index contributed by atoms with van der Waals surface area (Å²) in [6.45, 7) is 4.45. The van der Waals surface area contributed by atoms with E-state index in [1.165, 1.54) is 11.3 Å². The first-order valence-corrected chi connectivity index (χ1v) is 7.80. The summed E-state index contributed by atoms with van der Waals surface area (Å²) in [6.07, 6.45) is 4.03. The third kappa shape index (κ3) is 4.38. The van der Waals surface area contributed by atoms with Gasteiger partial charge in [0.2, 0.25) is 0 Å². The van der Waals surface area contributed by atoms with Gasteiger partial charge in [0.1, 0.15) is 0 Å². The first kappa shape index (κ1) is 14.2. The number of pyridine rings is 1. The number of piperazine rings is 1. The smallest absolute Gasteiger partial charge is 0.0416 e. The zero-order valence-electron chi connectivity index (χ0n) is 12.4. The Kier molecular flexibility index (Phi) is 4.98. The summed E-state index contributed by atoms with van der Waals surface area (Å²) in [6, 6.07) is 17.5. The highest BCUT2D eigenvalue weighted by Gasteiger charge is 2.19. The Morgan fingerprint density at radius 3 is 2.76 bits per heavy atom. The monoisotopic (exact) mass is 281 g/mol. The van der Waals surface area contributed by atoms with E-state index in [0.29, 0.717) is 6.04 Å². The number of rotatable bonds is 5. The van der Waals surface area contributed by atoms with Crippen molar-refractivity contribution in [2.24, 2.45) is 0 Å². The largest absolute Gasteiger partial charge is 0.311 e. The van der Waals surface area contributed by atoms with E-state index in [0.717, 1.165) is 39.0 Å². The first-order chi connectivity index (χ1) is 10.4. The van der Waals surface area contributed by atoms with Crippen molar-refractivity contribution in [1.29, 1.82) is 0 Å². The summed E-state index contributed by atoms with van der Waals surface area (Å²) in [4.78, 5) is 6.96. The van der Waals surface area contributed by atoms with Crippen LogP contribution in [0.5, 0.6) is 0 Å². The summed E-state index contributed by atoms with van der Waals surface area (Å²) in [5.74, 6) is 0. The van der Waals surface area contributed by atoms with Crippen LogP contribution in [0.2, 0.25) is 0 Å². The summed E-state index contributed by atoms with van der Waals surface area (Å²) >= 11 is 0. The van der Waals surface area contributed by atoms with Gasteiger partial charge in [0.25, 0.3) is 0 Å². The van der Waals surface area contributed by atoms with Gasteiger partial charge in [0.05, 0.1) is 0 Å². The third-order valence-corrected chi connectivity index (χ3v) is 4.07. The predicted molar refractivity (Wildman–Crippen MR) is 86.3 cm³/mol. The average molecular weight is 281 g/mol. The lowest BCUT2D eigenvalue weighted by Gasteiger charge is -2.33. The molecule has 2 aromatic rings. The molecule has 0 radical (unpaired) electrons. The minimum atomic E-state index is 0.560. The van der Waals surface area contributed by atoms with Crippen LogP contribution in [0.3, 0.4) is 0 Å². The molecular weight excluding hydrogens is 258 g/mol. The van der Waals surface area contributed by atoms with Crippen LogP contribution in [0.1, 0.15) is 11.3 Å². The molecule has 1 aromatic carbocycles. The first-order valence-electron chi connectivity index (χ1n) is 7.80. The molecule has 1 fully saturated rings. The average Bonchev–Trinajstić information content (AvgIpc) is 2.55. The molecule has 0 amide bonds. The molecule has 0 spiro atoms. The lowest BCUT2D eigenvalue weighted by molar-refractivity contribution is 0.201. The van der Waals surface area contributed by atoms with Crippen LogP contribution in [0.4, 0.5) is 0 Å². The number of aromatic nitrogens is 1. The summed E-state index contributed by atoms with van der Waals surface area (Å²) in [5, 5.41) is 3.64. The molecule has 3 nitrogen and oxygen atoms in total. The molecule has 1 N–H and O–H groups in total. The Morgan fingerprint density at radius 1 is 1.10 bits per heavy atom. The fourth-order valence-corrected chi connectivity index (χ4v) is 2.95. The maximum absolute atomic E-state index is 4.41. The van der Waals surface area contributed by atoms with Crippen LogP contribution in [0.15, 0.2) is 54.7 Å². The molecular formula is C18H23N3. The van der Waals surface area contributed by atoms with Crippen molar-refractivity contribution in [2.75, 3.05) is 26.2 Å². The van der Waals surface area contributed by atoms with Gasteiger partial charge in [-0.05, 0) is 24.1 Å². The Morgan fingerprint density at radius 2 is 1.95 bits per heavy atom. The molecule has 3 rings (SSSR count). The molecule has 1 aliphatic heterocycles. The molecule has 3 heteroatoms. The Labute approximate surface area is 127 Å². The molecule has 1 saturated heterocycles. The van der Waals surface area contributed by atoms with Crippen LogP contribution in [0.25, 0.3) is 0 Å². The van der Waals surface area contributed by atoms with Crippen molar-refractivity contribution in [3.05, 3.63) is 66.0 Å². The van der Waals surface area contributed by atoms with Gasteiger partial charge < -0.3 is 10.2 Å². The minimum absolute atomic E-state index is 0.560. The molecule has 0 saturated carbocycles. The SMILES string of the molecule is c1ccc(CC2CN(CCc3ccccn3)CCN2)cc1. The van der Waals surface area contributed by atoms with Crippen LogP contribution in [-0.4, -0.2) is 42.1 Å². The van der Waals surface area contributed by atoms with Crippen molar-refractivity contribution in [3.63, 3.8) is 0 Å². The van der Waals surface area contributed by atoms with Crippen molar-refractivity contribution in [2.45, 2.75) is 18.9 Å². The predicted octanol–water partition coefficient (Wildman–Crippen LogP) is 2.14. The van der Waals surface area contributed by atoms with E-state index in [4.69, 9.17) is 0 Å². The molecule has 21 heavy (non-hydrogen) atoms. The van der Waals surface area contributed by atoms with Crippen molar-refractivity contribution in [3.8, 4) is 0 Å². The molecule has 110 valence electrons. The number of hydrogen-bond acceptors (Lipinski definition) is 3. The van der Waals surface area contributed by atoms with Gasteiger partial charge in [-0.25, -0.2) is 0 Å². The fraction of sp³-hybridized carbons (Fsp3) is 0.389. The molecule has 1 atom stereocenters. The Hall–Kier alpha value is -1.71. The van der Waals surface area contributed by atoms with Gasteiger partial charge in [0, 0.05) is 50.5 Å². The van der Waals surface area contributed by atoms with E-state index in [2.05, 4.69) is 57.7 Å². The quantitative estimate of drug-likeness (QED) is 0.910. The van der Waals surface area contributed by atoms with Crippen LogP contribution < -0.4 is 5.32 Å². The van der Waals surface area contributed by atoms with E-state index in [9.17, 15) is 0 Å². The maximum Gasteiger partial charge on any atom is 0.0416 e. The normalized spacial score (nSPS) is 19.5. The highest BCUT2D eigenvalue weighted by atomic mass is 15.2. The van der Waals surface area contributed by atoms with Crippen molar-refractivity contribution >= 4 is 0 Å². The van der Waals surface area contributed by atoms with Gasteiger partial charge in [-0.3, -0.25) is 4.98 Å². The zero-order chi connectivity index (χ0) is 14.3. The molecule has 1 aromatic heterocycles. The molecule has 0 aliphatic carbocycles. The number of hydrogen-bond donors (Lipinski definition) is 1. The van der Waals surface area contributed by atoms with E-state index in [1.807, 2.05) is 12.3 Å². The summed E-state index contributed by atoms with van der Waals surface area (Å²) < 4.78 is 0. The lowest BCUT2D eigenvalue weighted by Crippen LogP contribution is -2.51. The number of benzene rings is 1. The minimum Gasteiger partial charge on any atom is -0.311 e. The van der Waals surface area contributed by atoms with Gasteiger partial charge in [-0.15, -0.1) is 0 Å². The van der Waals surface area contributed by atoms with Gasteiger partial charge in [-0.2, -0.15) is 0 Å². The molecule has 0 bridgehead atoms. The summed E-state index contributed by atoms with van der Waals surface area (Å²) in [7, 11) is 0. The Bertz CT molecular complexity index is 527.